The van der Waals surface area contributed by atoms with Crippen LogP contribution in [0.4, 0.5) is 0 Å². The van der Waals surface area contributed by atoms with E-state index in [2.05, 4.69) is 111 Å². The van der Waals surface area contributed by atoms with Gasteiger partial charge in [-0.05, 0) is 16.7 Å². The minimum absolute atomic E-state index is 0.00205. The van der Waals surface area contributed by atoms with Gasteiger partial charge in [-0.1, -0.05) is 111 Å². The number of aliphatic imine (C=N–C) groups is 1. The normalized spacial score (nSPS) is 19.4. The smallest absolute Gasteiger partial charge is 0.196 e. The second-order valence-corrected chi connectivity index (χ2v) is 13.8. The summed E-state index contributed by atoms with van der Waals surface area (Å²) in [5.41, 5.74) is 3.86. The molecule has 1 heterocycles. The third-order valence-corrected chi connectivity index (χ3v) is 7.54. The lowest BCUT2D eigenvalue weighted by Crippen LogP contribution is -2.39. The molecule has 3 heteroatoms. The van der Waals surface area contributed by atoms with Gasteiger partial charge in [0.05, 0.1) is 19.7 Å². The molecule has 0 saturated carbocycles. The van der Waals surface area contributed by atoms with Crippen molar-refractivity contribution in [3.8, 4) is 0 Å². The van der Waals surface area contributed by atoms with E-state index < -0.39 is 8.07 Å². The molecule has 0 fully saturated rings. The largest absolute Gasteiger partial charge is 0.470 e. The van der Waals surface area contributed by atoms with Crippen LogP contribution in [0.25, 0.3) is 0 Å². The Labute approximate surface area is 168 Å². The second kappa shape index (κ2) is 7.76. The van der Waals surface area contributed by atoms with Crippen molar-refractivity contribution in [3.63, 3.8) is 0 Å². The summed E-state index contributed by atoms with van der Waals surface area (Å²) in [7, 11) is -1.57. The fraction of sp³-hybridized carbons (Fsp3) is 0.240. The first-order chi connectivity index (χ1) is 13.5. The lowest BCUT2D eigenvalue weighted by atomic mass is 9.91. The summed E-state index contributed by atoms with van der Waals surface area (Å²) in [5, 5.41) is 0. The van der Waals surface area contributed by atoms with Crippen molar-refractivity contribution >= 4 is 14.0 Å². The Morgan fingerprint density at radius 3 is 1.64 bits per heavy atom. The van der Waals surface area contributed by atoms with Gasteiger partial charge >= 0.3 is 0 Å². The SMILES string of the molecule is C[Si](C)(C)[C@@H]1N=C(C(c2ccccc2)c2ccccc2)O[C@H]1c1ccccc1. The maximum atomic E-state index is 6.64. The fourth-order valence-corrected chi connectivity index (χ4v) is 5.57. The predicted molar refractivity (Wildman–Crippen MR) is 120 cm³/mol. The average Bonchev–Trinajstić information content (AvgIpc) is 3.16. The van der Waals surface area contributed by atoms with Crippen molar-refractivity contribution in [2.45, 2.75) is 37.3 Å². The lowest BCUT2D eigenvalue weighted by molar-refractivity contribution is 0.209. The van der Waals surface area contributed by atoms with Gasteiger partial charge in [-0.15, -0.1) is 0 Å². The van der Waals surface area contributed by atoms with Crippen LogP contribution >= 0.6 is 0 Å². The van der Waals surface area contributed by atoms with Gasteiger partial charge in [0.2, 0.25) is 0 Å². The van der Waals surface area contributed by atoms with Crippen molar-refractivity contribution in [1.82, 2.24) is 0 Å². The van der Waals surface area contributed by atoms with Crippen LogP contribution in [0.3, 0.4) is 0 Å². The van der Waals surface area contributed by atoms with E-state index in [4.69, 9.17) is 9.73 Å². The molecule has 0 aliphatic carbocycles. The molecule has 0 bridgehead atoms. The van der Waals surface area contributed by atoms with E-state index in [9.17, 15) is 0 Å². The lowest BCUT2D eigenvalue weighted by Gasteiger charge is -2.27. The Hall–Kier alpha value is -2.65. The number of ether oxygens (including phenoxy) is 1. The average molecular weight is 386 g/mol. The molecule has 28 heavy (non-hydrogen) atoms. The molecule has 3 aromatic carbocycles. The molecular weight excluding hydrogens is 358 g/mol. The number of hydrogen-bond donors (Lipinski definition) is 0. The first kappa shape index (κ1) is 18.7. The Balaban J connectivity index is 1.78. The van der Waals surface area contributed by atoms with E-state index in [0.717, 1.165) is 5.90 Å². The summed E-state index contributed by atoms with van der Waals surface area (Å²) in [6.45, 7) is 7.14. The molecule has 2 atom stereocenters. The molecule has 3 aromatic rings. The molecule has 0 spiro atoms. The van der Waals surface area contributed by atoms with Gasteiger partial charge < -0.3 is 4.74 Å². The zero-order valence-corrected chi connectivity index (χ0v) is 17.7. The number of hydrogen-bond acceptors (Lipinski definition) is 2. The molecule has 0 N–H and O–H groups in total. The monoisotopic (exact) mass is 385 g/mol. The molecule has 4 rings (SSSR count). The Morgan fingerprint density at radius 1 is 0.714 bits per heavy atom. The summed E-state index contributed by atoms with van der Waals surface area (Å²) in [5.74, 6) is 0.869. The molecule has 142 valence electrons. The van der Waals surface area contributed by atoms with Crippen LogP contribution in [0, 0.1) is 0 Å². The molecule has 2 nitrogen and oxygen atoms in total. The maximum absolute atomic E-state index is 6.64. The Kier molecular flexibility index (Phi) is 5.18. The Bertz CT molecular complexity index is 893. The van der Waals surface area contributed by atoms with Crippen LogP contribution in [-0.4, -0.2) is 19.6 Å². The molecular formula is C25H27NOSi. The Morgan fingerprint density at radius 2 is 1.18 bits per heavy atom. The number of rotatable bonds is 5. The van der Waals surface area contributed by atoms with Gasteiger partial charge in [0.25, 0.3) is 0 Å². The van der Waals surface area contributed by atoms with Crippen molar-refractivity contribution in [2.75, 3.05) is 0 Å². The van der Waals surface area contributed by atoms with E-state index >= 15 is 0 Å². The van der Waals surface area contributed by atoms with Gasteiger partial charge in [0, 0.05) is 0 Å². The molecule has 0 aromatic heterocycles. The zero-order chi connectivity index (χ0) is 19.6. The zero-order valence-electron chi connectivity index (χ0n) is 16.7. The summed E-state index contributed by atoms with van der Waals surface area (Å²) >= 11 is 0. The summed E-state index contributed by atoms with van der Waals surface area (Å²) in [6, 6.07) is 31.7. The minimum Gasteiger partial charge on any atom is -0.470 e. The van der Waals surface area contributed by atoms with Gasteiger partial charge in [0.15, 0.2) is 5.90 Å². The fourth-order valence-electron chi connectivity index (χ4n) is 3.88. The third kappa shape index (κ3) is 3.81. The molecule has 0 radical (unpaired) electrons. The van der Waals surface area contributed by atoms with Crippen molar-refractivity contribution in [1.29, 1.82) is 0 Å². The number of benzene rings is 3. The van der Waals surface area contributed by atoms with E-state index in [1.165, 1.54) is 16.7 Å². The number of nitrogens with zero attached hydrogens (tertiary/aromatic N) is 1. The second-order valence-electron chi connectivity index (χ2n) is 8.48. The highest BCUT2D eigenvalue weighted by Gasteiger charge is 2.43. The topological polar surface area (TPSA) is 21.6 Å². The molecule has 0 saturated heterocycles. The standard InChI is InChI=1S/C25H27NOSi/c1-28(2,3)25-23(21-17-11-6-12-18-21)27-24(26-25)22(19-13-7-4-8-14-19)20-15-9-5-10-16-20/h4-18,22-23,25H,1-3H3/t23-,25-/m0/s1. The molecule has 0 amide bonds. The molecule has 0 unspecified atom stereocenters. The maximum Gasteiger partial charge on any atom is 0.196 e. The van der Waals surface area contributed by atoms with Gasteiger partial charge in [-0.3, -0.25) is 4.99 Å². The molecule has 1 aliphatic heterocycles. The van der Waals surface area contributed by atoms with Crippen LogP contribution in [0.5, 0.6) is 0 Å². The van der Waals surface area contributed by atoms with Crippen molar-refractivity contribution in [2.24, 2.45) is 4.99 Å². The first-order valence-electron chi connectivity index (χ1n) is 9.93. The van der Waals surface area contributed by atoms with Crippen molar-refractivity contribution < 1.29 is 4.74 Å². The van der Waals surface area contributed by atoms with E-state index in [1.54, 1.807) is 0 Å². The van der Waals surface area contributed by atoms with Crippen LogP contribution in [-0.2, 0) is 4.74 Å². The quantitative estimate of drug-likeness (QED) is 0.477. The van der Waals surface area contributed by atoms with Gasteiger partial charge in [-0.2, -0.15) is 0 Å². The van der Waals surface area contributed by atoms with Crippen molar-refractivity contribution in [3.05, 3.63) is 108 Å². The van der Waals surface area contributed by atoms with E-state index in [1.807, 2.05) is 0 Å². The van der Waals surface area contributed by atoms with Crippen LogP contribution in [0.15, 0.2) is 96.0 Å². The minimum atomic E-state index is -1.57. The highest BCUT2D eigenvalue weighted by atomic mass is 28.3. The predicted octanol–water partition coefficient (Wildman–Crippen LogP) is 6.23. The van der Waals surface area contributed by atoms with Crippen LogP contribution < -0.4 is 0 Å². The summed E-state index contributed by atoms with van der Waals surface area (Å²) < 4.78 is 6.64. The third-order valence-electron chi connectivity index (χ3n) is 5.33. The highest BCUT2D eigenvalue weighted by molar-refractivity contribution is 6.78. The molecule has 1 aliphatic rings. The highest BCUT2D eigenvalue weighted by Crippen LogP contribution is 2.39. The van der Waals surface area contributed by atoms with Crippen LogP contribution in [0.2, 0.25) is 19.6 Å². The van der Waals surface area contributed by atoms with Gasteiger partial charge in [-0.25, -0.2) is 0 Å². The summed E-state index contributed by atoms with van der Waals surface area (Å²) in [4.78, 5) is 5.23. The van der Waals surface area contributed by atoms with E-state index in [0.29, 0.717) is 0 Å². The van der Waals surface area contributed by atoms with Crippen LogP contribution in [0.1, 0.15) is 28.7 Å². The van der Waals surface area contributed by atoms with Gasteiger partial charge in [0.1, 0.15) is 6.10 Å². The summed E-state index contributed by atoms with van der Waals surface area (Å²) in [6.07, 6.45) is -0.00205. The van der Waals surface area contributed by atoms with E-state index in [-0.39, 0.29) is 17.7 Å². The first-order valence-corrected chi connectivity index (χ1v) is 13.5.